The van der Waals surface area contributed by atoms with Gasteiger partial charge in [0.1, 0.15) is 0 Å². The van der Waals surface area contributed by atoms with E-state index in [1.54, 1.807) is 48.5 Å². The van der Waals surface area contributed by atoms with Crippen molar-refractivity contribution in [2.75, 3.05) is 6.54 Å². The number of aromatic nitrogens is 2. The molecule has 0 saturated carbocycles. The molecule has 24 heavy (non-hydrogen) atoms. The van der Waals surface area contributed by atoms with E-state index in [0.717, 1.165) is 0 Å². The molecule has 3 rings (SSSR count). The molecular formula is C17H14ClN3O3. The number of hydrogen-bond donors (Lipinski definition) is 3. The summed E-state index contributed by atoms with van der Waals surface area (Å²) in [5.74, 6) is -0.659. The second-order valence-electron chi connectivity index (χ2n) is 5.21. The summed E-state index contributed by atoms with van der Waals surface area (Å²) in [6.45, 7) is -0.0169. The summed E-state index contributed by atoms with van der Waals surface area (Å²) in [6.07, 6.45) is -0.890. The molecule has 0 saturated heterocycles. The zero-order chi connectivity index (χ0) is 17.1. The summed E-state index contributed by atoms with van der Waals surface area (Å²) in [5, 5.41) is 13.6. The number of aromatic amines is 1. The number of rotatable bonds is 4. The van der Waals surface area contributed by atoms with Crippen LogP contribution in [-0.2, 0) is 0 Å². The second kappa shape index (κ2) is 6.82. The summed E-state index contributed by atoms with van der Waals surface area (Å²) in [4.78, 5) is 30.7. The molecule has 0 spiro atoms. The first-order valence-corrected chi connectivity index (χ1v) is 7.63. The second-order valence-corrected chi connectivity index (χ2v) is 5.65. The molecule has 0 aliphatic heterocycles. The molecule has 3 aromatic rings. The van der Waals surface area contributed by atoms with Crippen molar-refractivity contribution in [2.45, 2.75) is 6.10 Å². The van der Waals surface area contributed by atoms with Crippen LogP contribution in [0.1, 0.15) is 22.3 Å². The lowest BCUT2D eigenvalue weighted by Crippen LogP contribution is -2.31. The highest BCUT2D eigenvalue weighted by Crippen LogP contribution is 2.15. The largest absolute Gasteiger partial charge is 0.387 e. The summed E-state index contributed by atoms with van der Waals surface area (Å²) < 4.78 is 0. The van der Waals surface area contributed by atoms with E-state index in [2.05, 4.69) is 15.3 Å². The minimum absolute atomic E-state index is 0.0169. The molecule has 1 aromatic heterocycles. The van der Waals surface area contributed by atoms with Gasteiger partial charge in [-0.1, -0.05) is 35.9 Å². The Kier molecular flexibility index (Phi) is 4.59. The zero-order valence-electron chi connectivity index (χ0n) is 12.5. The van der Waals surface area contributed by atoms with E-state index in [0.29, 0.717) is 21.5 Å². The molecule has 6 nitrogen and oxygen atoms in total. The number of hydrogen-bond acceptors (Lipinski definition) is 4. The van der Waals surface area contributed by atoms with Gasteiger partial charge in [-0.2, -0.15) is 0 Å². The molecule has 0 fully saturated rings. The van der Waals surface area contributed by atoms with Crippen LogP contribution in [0, 0.1) is 0 Å². The summed E-state index contributed by atoms with van der Waals surface area (Å²) >= 11 is 5.79. The van der Waals surface area contributed by atoms with E-state index in [1.807, 2.05) is 0 Å². The average Bonchev–Trinajstić information content (AvgIpc) is 2.60. The van der Waals surface area contributed by atoms with E-state index >= 15 is 0 Å². The highest BCUT2D eigenvalue weighted by molar-refractivity contribution is 6.30. The highest BCUT2D eigenvalue weighted by atomic mass is 35.5. The van der Waals surface area contributed by atoms with Gasteiger partial charge in [-0.05, 0) is 29.8 Å². The Balaban J connectivity index is 1.73. The molecular weight excluding hydrogens is 330 g/mol. The minimum atomic E-state index is -0.890. The van der Waals surface area contributed by atoms with Gasteiger partial charge in [0, 0.05) is 11.6 Å². The van der Waals surface area contributed by atoms with Crippen LogP contribution >= 0.6 is 11.6 Å². The van der Waals surface area contributed by atoms with Crippen LogP contribution in [0.15, 0.2) is 53.3 Å². The summed E-state index contributed by atoms with van der Waals surface area (Å²) in [6, 6.07) is 13.4. The third kappa shape index (κ3) is 3.45. The van der Waals surface area contributed by atoms with Gasteiger partial charge in [-0.3, -0.25) is 9.59 Å². The normalized spacial score (nSPS) is 12.1. The predicted molar refractivity (Wildman–Crippen MR) is 91.1 cm³/mol. The third-order valence-corrected chi connectivity index (χ3v) is 3.79. The Morgan fingerprint density at radius 1 is 1.21 bits per heavy atom. The Morgan fingerprint density at radius 3 is 2.67 bits per heavy atom. The number of halogens is 1. The lowest BCUT2D eigenvalue weighted by Gasteiger charge is -2.12. The molecule has 3 N–H and O–H groups in total. The third-order valence-electron chi connectivity index (χ3n) is 3.54. The number of carbonyl (C=O) groups excluding carboxylic acids is 1. The number of nitrogens with one attached hydrogen (secondary N) is 2. The van der Waals surface area contributed by atoms with Crippen LogP contribution < -0.4 is 10.9 Å². The fourth-order valence-electron chi connectivity index (χ4n) is 2.27. The average molecular weight is 344 g/mol. The van der Waals surface area contributed by atoms with Crippen LogP contribution in [0.3, 0.4) is 0 Å². The van der Waals surface area contributed by atoms with Crippen LogP contribution in [0.5, 0.6) is 0 Å². The highest BCUT2D eigenvalue weighted by Gasteiger charge is 2.14. The number of carbonyl (C=O) groups is 1. The molecule has 0 aliphatic carbocycles. The van der Waals surface area contributed by atoms with Gasteiger partial charge in [-0.25, -0.2) is 4.98 Å². The molecule has 1 unspecified atom stereocenters. The maximum absolute atomic E-state index is 12.2. The first kappa shape index (κ1) is 16.2. The van der Waals surface area contributed by atoms with Gasteiger partial charge in [0.25, 0.3) is 11.5 Å². The quantitative estimate of drug-likeness (QED) is 0.675. The first-order valence-electron chi connectivity index (χ1n) is 7.25. The van der Waals surface area contributed by atoms with Crippen LogP contribution in [0.25, 0.3) is 10.9 Å². The van der Waals surface area contributed by atoms with Crippen molar-refractivity contribution in [1.29, 1.82) is 0 Å². The number of aliphatic hydroxyl groups excluding tert-OH is 1. The van der Waals surface area contributed by atoms with Gasteiger partial charge in [-0.15, -0.1) is 0 Å². The number of amides is 1. The standard InChI is InChI=1S/C17H14ClN3O3/c18-11-7-5-10(6-8-11)14(22)9-19-17(24)15-20-13-4-2-1-3-12(13)16(23)21-15/h1-8,14,22H,9H2,(H,19,24)(H,20,21,23). The van der Waals surface area contributed by atoms with Crippen LogP contribution in [-0.4, -0.2) is 27.5 Å². The smallest absolute Gasteiger partial charge is 0.287 e. The maximum atomic E-state index is 12.2. The molecule has 0 bridgehead atoms. The van der Waals surface area contributed by atoms with Gasteiger partial charge in [0.05, 0.1) is 17.0 Å². The van der Waals surface area contributed by atoms with Gasteiger partial charge in [0.2, 0.25) is 0 Å². The van der Waals surface area contributed by atoms with Gasteiger partial charge < -0.3 is 15.4 Å². The molecule has 122 valence electrons. The molecule has 2 aromatic carbocycles. The zero-order valence-corrected chi connectivity index (χ0v) is 13.2. The minimum Gasteiger partial charge on any atom is -0.387 e. The van der Waals surface area contributed by atoms with Crippen molar-refractivity contribution < 1.29 is 9.90 Å². The fraction of sp³-hybridized carbons (Fsp3) is 0.118. The summed E-state index contributed by atoms with van der Waals surface area (Å²) in [5.41, 5.74) is 0.674. The van der Waals surface area contributed by atoms with E-state index < -0.39 is 12.0 Å². The predicted octanol–water partition coefficient (Wildman–Crippen LogP) is 2.04. The first-order chi connectivity index (χ1) is 11.5. The Morgan fingerprint density at radius 2 is 1.92 bits per heavy atom. The monoisotopic (exact) mass is 343 g/mol. The number of nitrogens with zero attached hydrogens (tertiary/aromatic N) is 1. The van der Waals surface area contributed by atoms with Crippen molar-refractivity contribution in [3.63, 3.8) is 0 Å². The Bertz CT molecular complexity index is 938. The lowest BCUT2D eigenvalue weighted by atomic mass is 10.1. The SMILES string of the molecule is O=C(NCC(O)c1ccc(Cl)cc1)c1nc2ccccc2c(=O)[nH]1. The number of benzene rings is 2. The van der Waals surface area contributed by atoms with Crippen molar-refractivity contribution in [3.8, 4) is 0 Å². The van der Waals surface area contributed by atoms with E-state index in [9.17, 15) is 14.7 Å². The fourth-order valence-corrected chi connectivity index (χ4v) is 2.40. The number of H-pyrrole nitrogens is 1. The molecule has 0 aliphatic rings. The van der Waals surface area contributed by atoms with E-state index in [-0.39, 0.29) is 17.9 Å². The number of para-hydroxylation sites is 1. The molecule has 1 atom stereocenters. The van der Waals surface area contributed by atoms with Crippen molar-refractivity contribution in [1.82, 2.24) is 15.3 Å². The molecule has 1 heterocycles. The van der Waals surface area contributed by atoms with Crippen molar-refractivity contribution >= 4 is 28.4 Å². The van der Waals surface area contributed by atoms with Gasteiger partial charge in [0.15, 0.2) is 5.82 Å². The summed E-state index contributed by atoms with van der Waals surface area (Å²) in [7, 11) is 0. The molecule has 0 radical (unpaired) electrons. The maximum Gasteiger partial charge on any atom is 0.287 e. The Labute approximate surface area is 142 Å². The van der Waals surface area contributed by atoms with E-state index in [4.69, 9.17) is 11.6 Å². The lowest BCUT2D eigenvalue weighted by molar-refractivity contribution is 0.0906. The Hall–Kier alpha value is -2.70. The topological polar surface area (TPSA) is 95.1 Å². The van der Waals surface area contributed by atoms with Crippen LogP contribution in [0.2, 0.25) is 5.02 Å². The van der Waals surface area contributed by atoms with Crippen molar-refractivity contribution in [2.24, 2.45) is 0 Å². The number of fused-ring (bicyclic) bond motifs is 1. The van der Waals surface area contributed by atoms with E-state index in [1.165, 1.54) is 0 Å². The van der Waals surface area contributed by atoms with Gasteiger partial charge >= 0.3 is 0 Å². The number of aliphatic hydroxyl groups is 1. The van der Waals surface area contributed by atoms with Crippen LogP contribution in [0.4, 0.5) is 0 Å². The van der Waals surface area contributed by atoms with Crippen molar-refractivity contribution in [3.05, 3.63) is 75.3 Å². The molecule has 7 heteroatoms. The molecule has 1 amide bonds.